The molecule has 16 nitrogen and oxygen atoms in total. The second-order valence-electron chi connectivity index (χ2n) is 11.7. The van der Waals surface area contributed by atoms with Crippen LogP contribution in [0.5, 0.6) is 0 Å². The third kappa shape index (κ3) is 9.93. The SMILES string of the molecule is CCCCCCCCO[C@@H]1O[C@H](CO[C@H]2O[C@H](CF)[C@@H](O)[C@H](O)[C@@H]2O[C@@H]2O[C@H](CO)[C@@H](O)[C@H](O)[C@H]2NC(C)=O)[C@@H](O)[C@H](O)[C@H]1O. The maximum atomic E-state index is 13.7. The van der Waals surface area contributed by atoms with Crippen LogP contribution in [-0.4, -0.2) is 165 Å². The zero-order chi connectivity index (χ0) is 33.3. The van der Waals surface area contributed by atoms with Gasteiger partial charge in [-0.1, -0.05) is 39.0 Å². The van der Waals surface area contributed by atoms with E-state index in [1.165, 1.54) is 0 Å². The van der Waals surface area contributed by atoms with Crippen LogP contribution in [0, 0.1) is 0 Å². The van der Waals surface area contributed by atoms with Crippen molar-refractivity contribution in [3.05, 3.63) is 0 Å². The number of halogens is 1. The van der Waals surface area contributed by atoms with E-state index in [0.29, 0.717) is 6.42 Å². The van der Waals surface area contributed by atoms with Crippen molar-refractivity contribution in [2.45, 2.75) is 144 Å². The highest BCUT2D eigenvalue weighted by atomic mass is 19.1. The van der Waals surface area contributed by atoms with Gasteiger partial charge in [-0.25, -0.2) is 4.39 Å². The number of alkyl halides is 1. The highest BCUT2D eigenvalue weighted by molar-refractivity contribution is 5.73. The summed E-state index contributed by atoms with van der Waals surface area (Å²) in [5.41, 5.74) is 0. The number of carbonyl (C=O) groups excluding carboxylic acids is 1. The highest BCUT2D eigenvalue weighted by Crippen LogP contribution is 2.31. The standard InChI is InChI=1S/C28H50FNO15/c1-3-4-5-6-7-8-9-40-27-24(39)22(37)20(35)16(44-27)12-41-28-25(23(38)18(33)14(10-29)42-28)45-26-17(30-13(2)32)21(36)19(34)15(11-31)43-26/h14-28,31,33-39H,3-12H2,1-2H3,(H,30,32)/t14-,15-,16-,17-,18-,19-,20-,21-,22+,23+,24-,25+,26+,27-,28+/m1/s1. The number of ether oxygens (including phenoxy) is 6. The zero-order valence-corrected chi connectivity index (χ0v) is 25.5. The second-order valence-corrected chi connectivity index (χ2v) is 11.7. The average molecular weight is 660 g/mol. The Hall–Kier alpha value is -1.16. The summed E-state index contributed by atoms with van der Waals surface area (Å²) in [6.07, 6.45) is -16.5. The fraction of sp³-hybridized carbons (Fsp3) is 0.964. The molecular formula is C28H50FNO15. The molecule has 3 fully saturated rings. The van der Waals surface area contributed by atoms with Gasteiger partial charge >= 0.3 is 0 Å². The molecule has 0 bridgehead atoms. The van der Waals surface area contributed by atoms with Crippen LogP contribution in [0.4, 0.5) is 4.39 Å². The zero-order valence-electron chi connectivity index (χ0n) is 25.5. The summed E-state index contributed by atoms with van der Waals surface area (Å²) >= 11 is 0. The molecule has 0 aromatic carbocycles. The van der Waals surface area contributed by atoms with E-state index in [1.807, 2.05) is 0 Å². The quantitative estimate of drug-likeness (QED) is 0.0747. The Morgan fingerprint density at radius 1 is 0.711 bits per heavy atom. The molecule has 0 aliphatic carbocycles. The number of nitrogens with one attached hydrogen (secondary N) is 1. The van der Waals surface area contributed by atoms with Crippen LogP contribution in [0.2, 0.25) is 0 Å². The van der Waals surface area contributed by atoms with Crippen molar-refractivity contribution in [3.63, 3.8) is 0 Å². The van der Waals surface area contributed by atoms with Gasteiger partial charge in [-0.2, -0.15) is 0 Å². The second kappa shape index (κ2) is 18.4. The van der Waals surface area contributed by atoms with Crippen molar-refractivity contribution in [3.8, 4) is 0 Å². The largest absolute Gasteiger partial charge is 0.394 e. The first kappa shape index (κ1) is 38.3. The highest BCUT2D eigenvalue weighted by Gasteiger charge is 2.52. The molecule has 0 radical (unpaired) electrons. The molecule has 3 heterocycles. The van der Waals surface area contributed by atoms with E-state index in [-0.39, 0.29) is 6.61 Å². The van der Waals surface area contributed by atoms with Crippen LogP contribution in [0.3, 0.4) is 0 Å². The van der Waals surface area contributed by atoms with Gasteiger partial charge < -0.3 is 74.6 Å². The molecule has 0 unspecified atom stereocenters. The van der Waals surface area contributed by atoms with E-state index in [1.54, 1.807) is 0 Å². The molecule has 3 aliphatic heterocycles. The Balaban J connectivity index is 1.70. The van der Waals surface area contributed by atoms with E-state index in [0.717, 1.165) is 39.0 Å². The van der Waals surface area contributed by atoms with Crippen molar-refractivity contribution < 1.29 is 78.5 Å². The molecule has 17 heteroatoms. The van der Waals surface area contributed by atoms with Gasteiger partial charge in [0.2, 0.25) is 5.91 Å². The number of hydrogen-bond donors (Lipinski definition) is 9. The van der Waals surface area contributed by atoms with E-state index >= 15 is 0 Å². The number of unbranched alkanes of at least 4 members (excludes halogenated alkanes) is 5. The summed E-state index contributed by atoms with van der Waals surface area (Å²) in [6.45, 7) is 0.908. The molecule has 0 aromatic rings. The van der Waals surface area contributed by atoms with Crippen LogP contribution in [0.15, 0.2) is 0 Å². The van der Waals surface area contributed by atoms with Crippen LogP contribution in [0.1, 0.15) is 52.4 Å². The first-order valence-corrected chi connectivity index (χ1v) is 15.5. The van der Waals surface area contributed by atoms with Crippen molar-refractivity contribution in [2.75, 3.05) is 26.5 Å². The third-order valence-electron chi connectivity index (χ3n) is 8.21. The number of carbonyl (C=O) groups is 1. The minimum absolute atomic E-state index is 0.223. The molecule has 3 aliphatic rings. The molecule has 45 heavy (non-hydrogen) atoms. The fourth-order valence-corrected chi connectivity index (χ4v) is 5.52. The summed E-state index contributed by atoms with van der Waals surface area (Å²) in [5.74, 6) is -0.644. The first-order chi connectivity index (χ1) is 21.4. The van der Waals surface area contributed by atoms with Gasteiger partial charge in [0.1, 0.15) is 79.9 Å². The van der Waals surface area contributed by atoms with E-state index in [2.05, 4.69) is 12.2 Å². The minimum atomic E-state index is -1.87. The monoisotopic (exact) mass is 659 g/mol. The maximum absolute atomic E-state index is 13.7. The van der Waals surface area contributed by atoms with Crippen molar-refractivity contribution in [1.29, 1.82) is 0 Å². The fourth-order valence-electron chi connectivity index (χ4n) is 5.52. The summed E-state index contributed by atoms with van der Waals surface area (Å²) in [4.78, 5) is 11.8. The molecule has 15 atom stereocenters. The van der Waals surface area contributed by atoms with Gasteiger partial charge in [0, 0.05) is 13.5 Å². The molecule has 0 aromatic heterocycles. The molecule has 0 spiro atoms. The minimum Gasteiger partial charge on any atom is -0.394 e. The normalized spacial score (nSPS) is 42.4. The van der Waals surface area contributed by atoms with E-state index < -0.39 is 118 Å². The van der Waals surface area contributed by atoms with Crippen LogP contribution in [0.25, 0.3) is 0 Å². The van der Waals surface area contributed by atoms with Gasteiger partial charge in [-0.05, 0) is 6.42 Å². The Labute approximate surface area is 260 Å². The molecule has 264 valence electrons. The van der Waals surface area contributed by atoms with Gasteiger partial charge in [0.15, 0.2) is 18.9 Å². The Morgan fingerprint density at radius 3 is 1.96 bits per heavy atom. The number of rotatable bonds is 16. The van der Waals surface area contributed by atoms with Crippen molar-refractivity contribution in [1.82, 2.24) is 5.32 Å². The predicted molar refractivity (Wildman–Crippen MR) is 149 cm³/mol. The van der Waals surface area contributed by atoms with Crippen molar-refractivity contribution >= 4 is 5.91 Å². The molecular weight excluding hydrogens is 609 g/mol. The topological polar surface area (TPSA) is 246 Å². The van der Waals surface area contributed by atoms with Crippen LogP contribution < -0.4 is 5.32 Å². The molecule has 0 saturated carbocycles. The smallest absolute Gasteiger partial charge is 0.217 e. The van der Waals surface area contributed by atoms with Gasteiger partial charge in [0.25, 0.3) is 0 Å². The summed E-state index contributed by atoms with van der Waals surface area (Å²) in [6, 6.07) is -1.42. The van der Waals surface area contributed by atoms with Gasteiger partial charge in [-0.3, -0.25) is 4.79 Å². The van der Waals surface area contributed by atoms with Gasteiger partial charge in [0.05, 0.1) is 13.2 Å². The summed E-state index contributed by atoms with van der Waals surface area (Å²) in [5, 5.41) is 85.5. The summed E-state index contributed by atoms with van der Waals surface area (Å²) < 4.78 is 47.5. The molecule has 9 N–H and O–H groups in total. The van der Waals surface area contributed by atoms with E-state index in [4.69, 9.17) is 28.4 Å². The average Bonchev–Trinajstić information content (AvgIpc) is 3.02. The number of hydrogen-bond acceptors (Lipinski definition) is 15. The Bertz CT molecular complexity index is 878. The molecule has 3 saturated heterocycles. The lowest BCUT2D eigenvalue weighted by Gasteiger charge is -2.47. The lowest BCUT2D eigenvalue weighted by atomic mass is 9.95. The number of aliphatic hydroxyl groups excluding tert-OH is 8. The Kier molecular flexibility index (Phi) is 15.7. The number of amides is 1. The third-order valence-corrected chi connectivity index (χ3v) is 8.21. The lowest BCUT2D eigenvalue weighted by molar-refractivity contribution is -0.362. The van der Waals surface area contributed by atoms with Crippen LogP contribution >= 0.6 is 0 Å². The molecule has 1 amide bonds. The lowest BCUT2D eigenvalue weighted by Crippen LogP contribution is -2.67. The molecule has 3 rings (SSSR count). The van der Waals surface area contributed by atoms with E-state index in [9.17, 15) is 50.0 Å². The maximum Gasteiger partial charge on any atom is 0.217 e. The number of aliphatic hydroxyl groups is 8. The van der Waals surface area contributed by atoms with Crippen LogP contribution in [-0.2, 0) is 33.2 Å². The Morgan fingerprint density at radius 2 is 1.31 bits per heavy atom. The summed E-state index contributed by atoms with van der Waals surface area (Å²) in [7, 11) is 0. The van der Waals surface area contributed by atoms with Gasteiger partial charge in [-0.15, -0.1) is 0 Å². The van der Waals surface area contributed by atoms with Crippen molar-refractivity contribution in [2.24, 2.45) is 0 Å². The predicted octanol–water partition coefficient (Wildman–Crippen LogP) is -3.07. The first-order valence-electron chi connectivity index (χ1n) is 15.5.